The lowest BCUT2D eigenvalue weighted by Gasteiger charge is -2.26. The van der Waals surface area contributed by atoms with Crippen molar-refractivity contribution in [2.45, 2.75) is 13.5 Å². The first-order valence-electron chi connectivity index (χ1n) is 14.4. The Bertz CT molecular complexity index is 1760. The van der Waals surface area contributed by atoms with Crippen LogP contribution >= 0.6 is 51.5 Å². The van der Waals surface area contributed by atoms with E-state index in [1.54, 1.807) is 73.2 Å². The molecule has 2 aromatic heterocycles. The molecule has 4 aromatic rings. The van der Waals surface area contributed by atoms with Crippen molar-refractivity contribution in [3.63, 3.8) is 0 Å². The van der Waals surface area contributed by atoms with E-state index in [0.29, 0.717) is 80.2 Å². The summed E-state index contributed by atoms with van der Waals surface area (Å²) in [6.07, 6.45) is 1.80. The minimum atomic E-state index is -0.849. The van der Waals surface area contributed by atoms with Crippen LogP contribution in [0.5, 0.6) is 5.75 Å². The SMILES string of the molecule is COCCN(CCOC)C(=O)c1cccc(-c2cn3c(Br)c(C)nc3c(OCc3c(Cl)cccc3Cl)c2N(C)C(=O)CNC(N)=O)c1.Cl. The van der Waals surface area contributed by atoms with E-state index in [9.17, 15) is 14.4 Å². The van der Waals surface area contributed by atoms with Gasteiger partial charge < -0.3 is 35.1 Å². The molecule has 0 aliphatic heterocycles. The van der Waals surface area contributed by atoms with Crippen molar-refractivity contribution in [2.24, 2.45) is 5.73 Å². The number of halogens is 4. The van der Waals surface area contributed by atoms with Gasteiger partial charge in [-0.1, -0.05) is 41.4 Å². The molecule has 2 heterocycles. The molecule has 0 aliphatic carbocycles. The first-order valence-corrected chi connectivity index (χ1v) is 16.0. The Kier molecular flexibility index (Phi) is 14.3. The second-order valence-electron chi connectivity index (χ2n) is 10.4. The number of nitrogens with one attached hydrogen (secondary N) is 1. The lowest BCUT2D eigenvalue weighted by Crippen LogP contribution is -2.40. The number of imidazole rings is 1. The predicted octanol–water partition coefficient (Wildman–Crippen LogP) is 5.75. The molecule has 0 saturated heterocycles. The van der Waals surface area contributed by atoms with E-state index >= 15 is 0 Å². The highest BCUT2D eigenvalue weighted by Crippen LogP contribution is 2.43. The molecule has 2 aromatic carbocycles. The normalized spacial score (nSPS) is 10.8. The van der Waals surface area contributed by atoms with Crippen molar-refractivity contribution < 1.29 is 28.6 Å². The third-order valence-corrected chi connectivity index (χ3v) is 8.99. The summed E-state index contributed by atoms with van der Waals surface area (Å²) in [5.74, 6) is -0.473. The van der Waals surface area contributed by atoms with Gasteiger partial charge in [0.05, 0.1) is 31.1 Å². The molecule has 0 spiro atoms. The van der Waals surface area contributed by atoms with Crippen molar-refractivity contribution >= 4 is 80.7 Å². The molecule has 3 N–H and O–H groups in total. The van der Waals surface area contributed by atoms with Crippen LogP contribution in [0.2, 0.25) is 10.0 Å². The molecule has 4 amide bonds. The number of amides is 4. The second kappa shape index (κ2) is 17.7. The number of pyridine rings is 1. The number of hydrogen-bond donors (Lipinski definition) is 2. The number of benzene rings is 2. The van der Waals surface area contributed by atoms with Gasteiger partial charge in [-0.25, -0.2) is 9.78 Å². The molecule has 0 radical (unpaired) electrons. The zero-order valence-electron chi connectivity index (χ0n) is 26.7. The maximum Gasteiger partial charge on any atom is 0.312 e. The number of anilines is 1. The van der Waals surface area contributed by atoms with Gasteiger partial charge in [-0.15, -0.1) is 12.4 Å². The number of nitrogens with zero attached hydrogens (tertiary/aromatic N) is 4. The standard InChI is InChI=1S/C32H35BrCl2N6O6.ClH/c1-19-29(33)41-17-22(20-7-5-8-21(15-20)31(43)40(11-13-45-3)12-14-46-4)27(39(2)26(42)16-37-32(36)44)28(30(41)38-19)47-18-23-24(34)9-6-10-25(23)35;/h5-10,15,17H,11-14,16,18H2,1-4H3,(H3,36,37,44);1H. The molecule has 258 valence electrons. The van der Waals surface area contributed by atoms with Crippen LogP contribution in [0.4, 0.5) is 10.5 Å². The number of methoxy groups -OCH3 is 2. The largest absolute Gasteiger partial charge is 0.483 e. The highest BCUT2D eigenvalue weighted by molar-refractivity contribution is 9.10. The Balaban J connectivity index is 0.00000625. The Hall–Kier alpha value is -3.59. The predicted molar refractivity (Wildman–Crippen MR) is 192 cm³/mol. The number of nitrogens with two attached hydrogens (primary N) is 1. The van der Waals surface area contributed by atoms with Crippen molar-refractivity contribution in [1.82, 2.24) is 19.6 Å². The lowest BCUT2D eigenvalue weighted by atomic mass is 10.0. The van der Waals surface area contributed by atoms with E-state index in [-0.39, 0.29) is 37.2 Å². The van der Waals surface area contributed by atoms with Crippen molar-refractivity contribution in [3.8, 4) is 16.9 Å². The smallest absolute Gasteiger partial charge is 0.312 e. The first-order chi connectivity index (χ1) is 22.5. The number of carbonyl (C=O) groups excluding carboxylic acids is 3. The maximum atomic E-state index is 13.7. The summed E-state index contributed by atoms with van der Waals surface area (Å²) in [7, 11) is 4.69. The highest BCUT2D eigenvalue weighted by atomic mass is 79.9. The third-order valence-electron chi connectivity index (χ3n) is 7.33. The number of likely N-dealkylation sites (N-methyl/N-ethyl adjacent to an activating group) is 1. The molecule has 4 rings (SSSR count). The Morgan fingerprint density at radius 2 is 1.67 bits per heavy atom. The summed E-state index contributed by atoms with van der Waals surface area (Å²) in [6.45, 7) is 2.84. The van der Waals surface area contributed by atoms with Crippen LogP contribution in [-0.2, 0) is 20.9 Å². The summed E-state index contributed by atoms with van der Waals surface area (Å²) in [5, 5.41) is 3.15. The Morgan fingerprint density at radius 1 is 1.04 bits per heavy atom. The summed E-state index contributed by atoms with van der Waals surface area (Å²) in [6, 6.07) is 11.3. The molecule has 0 unspecified atom stereocenters. The molecular formula is C32H36BrCl3N6O6. The van der Waals surface area contributed by atoms with Crippen molar-refractivity contribution in [3.05, 3.63) is 80.1 Å². The number of ether oxygens (including phenoxy) is 3. The van der Waals surface area contributed by atoms with Crippen LogP contribution in [0, 0.1) is 6.92 Å². The van der Waals surface area contributed by atoms with Crippen LogP contribution < -0.4 is 20.7 Å². The number of fused-ring (bicyclic) bond motifs is 1. The number of hydrogen-bond acceptors (Lipinski definition) is 7. The zero-order valence-corrected chi connectivity index (χ0v) is 30.6. The summed E-state index contributed by atoms with van der Waals surface area (Å²) in [4.78, 5) is 46.4. The molecule has 48 heavy (non-hydrogen) atoms. The molecule has 12 nitrogen and oxygen atoms in total. The number of urea groups is 1. The quantitative estimate of drug-likeness (QED) is 0.166. The van der Waals surface area contributed by atoms with Gasteiger partial charge in [0.15, 0.2) is 11.4 Å². The van der Waals surface area contributed by atoms with E-state index in [4.69, 9.17) is 48.1 Å². The third kappa shape index (κ3) is 8.90. The summed E-state index contributed by atoms with van der Waals surface area (Å²) < 4.78 is 19.3. The van der Waals surface area contributed by atoms with Crippen LogP contribution in [-0.4, -0.2) is 86.2 Å². The topological polar surface area (TPSA) is 141 Å². The van der Waals surface area contributed by atoms with Gasteiger partial charge in [-0.2, -0.15) is 0 Å². The van der Waals surface area contributed by atoms with Gasteiger partial charge in [0.25, 0.3) is 5.91 Å². The van der Waals surface area contributed by atoms with Crippen LogP contribution in [0.15, 0.2) is 53.3 Å². The van der Waals surface area contributed by atoms with E-state index in [2.05, 4.69) is 21.2 Å². The average molecular weight is 787 g/mol. The highest BCUT2D eigenvalue weighted by Gasteiger charge is 2.27. The fourth-order valence-electron chi connectivity index (χ4n) is 4.84. The molecule has 0 saturated carbocycles. The lowest BCUT2D eigenvalue weighted by molar-refractivity contribution is -0.117. The van der Waals surface area contributed by atoms with Crippen LogP contribution in [0.25, 0.3) is 16.8 Å². The number of carbonyl (C=O) groups is 3. The van der Waals surface area contributed by atoms with E-state index < -0.39 is 11.9 Å². The monoisotopic (exact) mass is 784 g/mol. The second-order valence-corrected chi connectivity index (χ2v) is 12.0. The van der Waals surface area contributed by atoms with Crippen LogP contribution in [0.1, 0.15) is 21.6 Å². The molecule has 0 bridgehead atoms. The van der Waals surface area contributed by atoms with E-state index in [0.717, 1.165) is 0 Å². The fraction of sp³-hybridized carbons (Fsp3) is 0.312. The molecule has 0 atom stereocenters. The van der Waals surface area contributed by atoms with Gasteiger partial charge in [-0.3, -0.25) is 14.0 Å². The average Bonchev–Trinajstić information content (AvgIpc) is 3.34. The number of primary amides is 1. The van der Waals surface area contributed by atoms with Crippen molar-refractivity contribution in [2.75, 3.05) is 59.0 Å². The van der Waals surface area contributed by atoms with Crippen molar-refractivity contribution in [1.29, 1.82) is 0 Å². The van der Waals surface area contributed by atoms with Gasteiger partial charge in [0.2, 0.25) is 5.91 Å². The number of aromatic nitrogens is 2. The maximum absolute atomic E-state index is 13.7. The van der Waals surface area contributed by atoms with Crippen LogP contribution in [0.3, 0.4) is 0 Å². The van der Waals surface area contributed by atoms with Gasteiger partial charge >= 0.3 is 6.03 Å². The minimum Gasteiger partial charge on any atom is -0.483 e. The first kappa shape index (κ1) is 38.9. The summed E-state index contributed by atoms with van der Waals surface area (Å²) >= 11 is 16.6. The minimum absolute atomic E-state index is 0. The molecule has 0 fully saturated rings. The summed E-state index contributed by atoms with van der Waals surface area (Å²) in [5.41, 5.74) is 8.73. The zero-order chi connectivity index (χ0) is 34.2. The Morgan fingerprint density at radius 3 is 2.27 bits per heavy atom. The molecule has 0 aliphatic rings. The Labute approximate surface area is 302 Å². The number of rotatable bonds is 14. The van der Waals surface area contributed by atoms with Gasteiger partial charge in [0.1, 0.15) is 11.2 Å². The molecule has 16 heteroatoms. The fourth-order valence-corrected chi connectivity index (χ4v) is 5.71. The number of aryl methyl sites for hydroxylation is 1. The van der Waals surface area contributed by atoms with Gasteiger partial charge in [0, 0.05) is 67.3 Å². The molecular weight excluding hydrogens is 751 g/mol. The van der Waals surface area contributed by atoms with E-state index in [1.165, 1.54) is 4.90 Å². The van der Waals surface area contributed by atoms with E-state index in [1.807, 2.05) is 13.0 Å². The van der Waals surface area contributed by atoms with Gasteiger partial charge in [-0.05, 0) is 52.7 Å².